The van der Waals surface area contributed by atoms with Gasteiger partial charge in [-0.15, -0.1) is 0 Å². The smallest absolute Gasteiger partial charge is 0.255 e. The molecule has 4 nitrogen and oxygen atoms in total. The molecule has 1 aromatic heterocycles. The van der Waals surface area contributed by atoms with E-state index in [1.165, 1.54) is 0 Å². The topological polar surface area (TPSA) is 46.9 Å². The fraction of sp³-hybridized carbons (Fsp3) is 0.158. The summed E-state index contributed by atoms with van der Waals surface area (Å²) < 4.78 is 1.99. The molecule has 0 saturated carbocycles. The van der Waals surface area contributed by atoms with Crippen molar-refractivity contribution in [3.8, 4) is 0 Å². The van der Waals surface area contributed by atoms with Crippen LogP contribution in [0.3, 0.4) is 0 Å². The number of rotatable bonds is 4. The number of hydrogen-bond acceptors (Lipinski definition) is 2. The molecule has 1 heterocycles. The Labute approximate surface area is 135 Å². The van der Waals surface area contributed by atoms with Gasteiger partial charge >= 0.3 is 0 Å². The molecule has 0 spiro atoms. The van der Waals surface area contributed by atoms with Gasteiger partial charge in [0.25, 0.3) is 5.91 Å². The molecule has 3 rings (SSSR count). The summed E-state index contributed by atoms with van der Waals surface area (Å²) in [5.41, 5.74) is 4.80. The lowest BCUT2D eigenvalue weighted by molar-refractivity contribution is 0.102. The summed E-state index contributed by atoms with van der Waals surface area (Å²) in [5.74, 6) is -0.0865. The Morgan fingerprint density at radius 1 is 1.09 bits per heavy atom. The highest BCUT2D eigenvalue weighted by atomic mass is 16.1. The maximum atomic E-state index is 12.4. The maximum absolute atomic E-state index is 12.4. The number of nitrogens with one attached hydrogen (secondary N) is 1. The number of carbonyl (C=O) groups excluding carboxylic acids is 1. The first-order chi connectivity index (χ1) is 11.1. The number of anilines is 1. The van der Waals surface area contributed by atoms with Gasteiger partial charge in [-0.05, 0) is 42.7 Å². The van der Waals surface area contributed by atoms with Crippen molar-refractivity contribution in [2.75, 3.05) is 5.32 Å². The Morgan fingerprint density at radius 3 is 2.39 bits per heavy atom. The van der Waals surface area contributed by atoms with Gasteiger partial charge in [-0.25, -0.2) is 4.98 Å². The highest BCUT2D eigenvalue weighted by Crippen LogP contribution is 2.20. The van der Waals surface area contributed by atoms with Crippen molar-refractivity contribution in [3.63, 3.8) is 0 Å². The number of aromatic nitrogens is 2. The Morgan fingerprint density at radius 2 is 1.78 bits per heavy atom. The van der Waals surface area contributed by atoms with E-state index in [-0.39, 0.29) is 5.91 Å². The molecule has 0 unspecified atom stereocenters. The van der Waals surface area contributed by atoms with Crippen LogP contribution in [0.2, 0.25) is 0 Å². The summed E-state index contributed by atoms with van der Waals surface area (Å²) in [5, 5.41) is 3.01. The van der Waals surface area contributed by atoms with Crippen LogP contribution in [0.5, 0.6) is 0 Å². The number of para-hydroxylation sites is 1. The summed E-state index contributed by atoms with van der Waals surface area (Å²) in [6.45, 7) is 4.74. The van der Waals surface area contributed by atoms with Crippen LogP contribution in [0.15, 0.2) is 61.2 Å². The third-order valence-corrected chi connectivity index (χ3v) is 3.86. The zero-order valence-electron chi connectivity index (χ0n) is 13.3. The van der Waals surface area contributed by atoms with E-state index < -0.39 is 0 Å². The molecule has 0 fully saturated rings. The zero-order chi connectivity index (χ0) is 16.2. The van der Waals surface area contributed by atoms with E-state index in [2.05, 4.69) is 10.3 Å². The minimum absolute atomic E-state index is 0.0865. The number of benzene rings is 2. The van der Waals surface area contributed by atoms with Crippen molar-refractivity contribution in [2.45, 2.75) is 20.4 Å². The third kappa shape index (κ3) is 3.48. The van der Waals surface area contributed by atoms with E-state index in [9.17, 15) is 4.79 Å². The van der Waals surface area contributed by atoms with Crippen LogP contribution in [-0.2, 0) is 6.54 Å². The normalized spacial score (nSPS) is 10.5. The molecule has 0 aliphatic heterocycles. The maximum Gasteiger partial charge on any atom is 0.255 e. The van der Waals surface area contributed by atoms with Gasteiger partial charge in [0, 0.05) is 30.2 Å². The van der Waals surface area contributed by atoms with Crippen molar-refractivity contribution in [3.05, 3.63) is 83.4 Å². The largest absolute Gasteiger partial charge is 0.333 e. The lowest BCUT2D eigenvalue weighted by Gasteiger charge is -2.11. The zero-order valence-corrected chi connectivity index (χ0v) is 13.3. The predicted octanol–water partition coefficient (Wildman–Crippen LogP) is 3.80. The van der Waals surface area contributed by atoms with E-state index in [1.54, 1.807) is 12.5 Å². The van der Waals surface area contributed by atoms with Crippen LogP contribution in [0, 0.1) is 13.8 Å². The van der Waals surface area contributed by atoms with Gasteiger partial charge in [0.1, 0.15) is 0 Å². The first-order valence-electron chi connectivity index (χ1n) is 7.56. The lowest BCUT2D eigenvalue weighted by atomic mass is 10.1. The van der Waals surface area contributed by atoms with E-state index in [4.69, 9.17) is 0 Å². The second-order valence-electron chi connectivity index (χ2n) is 5.65. The van der Waals surface area contributed by atoms with Gasteiger partial charge in [-0.2, -0.15) is 0 Å². The number of carbonyl (C=O) groups is 1. The number of nitrogens with zero attached hydrogens (tertiary/aromatic N) is 2. The molecular weight excluding hydrogens is 286 g/mol. The van der Waals surface area contributed by atoms with E-state index in [0.717, 1.165) is 28.9 Å². The molecule has 0 saturated heterocycles. The molecule has 3 aromatic rings. The highest BCUT2D eigenvalue weighted by Gasteiger charge is 2.09. The Hall–Kier alpha value is -2.88. The van der Waals surface area contributed by atoms with Gasteiger partial charge in [0.05, 0.1) is 6.33 Å². The number of aryl methyl sites for hydroxylation is 2. The van der Waals surface area contributed by atoms with Gasteiger partial charge in [0.2, 0.25) is 0 Å². The van der Waals surface area contributed by atoms with Crippen molar-refractivity contribution >= 4 is 11.6 Å². The van der Waals surface area contributed by atoms with Crippen molar-refractivity contribution in [2.24, 2.45) is 0 Å². The molecule has 116 valence electrons. The molecular formula is C19H19N3O. The van der Waals surface area contributed by atoms with Crippen LogP contribution >= 0.6 is 0 Å². The van der Waals surface area contributed by atoms with Crippen molar-refractivity contribution < 1.29 is 4.79 Å². The quantitative estimate of drug-likeness (QED) is 0.797. The van der Waals surface area contributed by atoms with Crippen molar-refractivity contribution in [1.29, 1.82) is 0 Å². The first-order valence-corrected chi connectivity index (χ1v) is 7.56. The molecule has 1 N–H and O–H groups in total. The van der Waals surface area contributed by atoms with E-state index in [0.29, 0.717) is 5.56 Å². The average molecular weight is 305 g/mol. The fourth-order valence-corrected chi connectivity index (χ4v) is 2.55. The molecule has 0 radical (unpaired) electrons. The molecule has 4 heteroatoms. The number of imidazole rings is 1. The van der Waals surface area contributed by atoms with Gasteiger partial charge in [-0.1, -0.05) is 30.3 Å². The van der Waals surface area contributed by atoms with Crippen LogP contribution in [0.1, 0.15) is 27.0 Å². The average Bonchev–Trinajstić information content (AvgIpc) is 3.04. The van der Waals surface area contributed by atoms with Gasteiger partial charge in [0.15, 0.2) is 0 Å². The molecule has 0 atom stereocenters. The summed E-state index contributed by atoms with van der Waals surface area (Å²) in [4.78, 5) is 16.4. The minimum Gasteiger partial charge on any atom is -0.333 e. The summed E-state index contributed by atoms with van der Waals surface area (Å²) in [7, 11) is 0. The first kappa shape index (κ1) is 15.0. The van der Waals surface area contributed by atoms with Crippen LogP contribution in [-0.4, -0.2) is 15.5 Å². The molecule has 1 amide bonds. The fourth-order valence-electron chi connectivity index (χ4n) is 2.55. The molecule has 0 bridgehead atoms. The predicted molar refractivity (Wildman–Crippen MR) is 91.6 cm³/mol. The standard InChI is InChI=1S/C19H19N3O/c1-14-4-3-5-15(2)18(14)21-19(23)17-8-6-16(7-9-17)12-22-11-10-20-13-22/h3-11,13H,12H2,1-2H3,(H,21,23). The van der Waals surface area contributed by atoms with Gasteiger partial charge in [-0.3, -0.25) is 4.79 Å². The second-order valence-corrected chi connectivity index (χ2v) is 5.65. The van der Waals surface area contributed by atoms with Crippen molar-refractivity contribution in [1.82, 2.24) is 9.55 Å². The van der Waals surface area contributed by atoms with Gasteiger partial charge < -0.3 is 9.88 Å². The van der Waals surface area contributed by atoms with Crippen LogP contribution < -0.4 is 5.32 Å². The molecule has 0 aliphatic rings. The summed E-state index contributed by atoms with van der Waals surface area (Å²) >= 11 is 0. The molecule has 2 aromatic carbocycles. The summed E-state index contributed by atoms with van der Waals surface area (Å²) in [6, 6.07) is 13.6. The second kappa shape index (κ2) is 6.48. The summed E-state index contributed by atoms with van der Waals surface area (Å²) in [6.07, 6.45) is 5.45. The third-order valence-electron chi connectivity index (χ3n) is 3.86. The van der Waals surface area contributed by atoms with Crippen LogP contribution in [0.4, 0.5) is 5.69 Å². The lowest BCUT2D eigenvalue weighted by Crippen LogP contribution is -2.13. The number of amides is 1. The molecule has 0 aliphatic carbocycles. The number of hydrogen-bond donors (Lipinski definition) is 1. The minimum atomic E-state index is -0.0865. The van der Waals surface area contributed by atoms with E-state index >= 15 is 0 Å². The Bertz CT molecular complexity index is 785. The Kier molecular flexibility index (Phi) is 4.24. The SMILES string of the molecule is Cc1cccc(C)c1NC(=O)c1ccc(Cn2ccnc2)cc1. The highest BCUT2D eigenvalue weighted by molar-refractivity contribution is 6.05. The van der Waals surface area contributed by atoms with Crippen LogP contribution in [0.25, 0.3) is 0 Å². The monoisotopic (exact) mass is 305 g/mol. The molecule has 23 heavy (non-hydrogen) atoms. The van der Waals surface area contributed by atoms with E-state index in [1.807, 2.05) is 67.1 Å². The Balaban J connectivity index is 1.73.